The van der Waals surface area contributed by atoms with Crippen LogP contribution in [0.25, 0.3) is 23.2 Å². The normalized spacial score (nSPS) is 13.5. The Morgan fingerprint density at radius 2 is 2.08 bits per heavy atom. The van der Waals surface area contributed by atoms with E-state index >= 15 is 0 Å². The number of rotatable bonds is 3. The Balaban J connectivity index is 1.79. The standard InChI is InChI=1S/C18H13N3O5/c22-18-16(19-14-3-1-2-4-15(14)20-18)6-5-11-7-13(21(23)24)8-12-9-25-10-26-17(11)12/h1-8H,9-10H2,(H,20,22). The molecule has 0 saturated heterocycles. The van der Waals surface area contributed by atoms with Crippen LogP contribution >= 0.6 is 0 Å². The summed E-state index contributed by atoms with van der Waals surface area (Å²) in [5, 5.41) is 11.1. The van der Waals surface area contributed by atoms with Gasteiger partial charge in [-0.2, -0.15) is 0 Å². The highest BCUT2D eigenvalue weighted by atomic mass is 16.7. The Bertz CT molecular complexity index is 1100. The van der Waals surface area contributed by atoms with Crippen LogP contribution in [-0.4, -0.2) is 21.7 Å². The molecule has 0 saturated carbocycles. The minimum Gasteiger partial charge on any atom is -0.467 e. The SMILES string of the molecule is O=c1[nH]c2ccccc2nc1C=Cc1cc([N+](=O)[O-])cc2c1OCOC2. The van der Waals surface area contributed by atoms with Crippen molar-refractivity contribution in [1.82, 2.24) is 9.97 Å². The third-order valence-corrected chi connectivity index (χ3v) is 3.98. The molecule has 1 aromatic heterocycles. The highest BCUT2D eigenvalue weighted by Gasteiger charge is 2.19. The van der Waals surface area contributed by atoms with E-state index in [9.17, 15) is 14.9 Å². The molecule has 2 aromatic carbocycles. The van der Waals surface area contributed by atoms with Crippen molar-refractivity contribution in [1.29, 1.82) is 0 Å². The van der Waals surface area contributed by atoms with E-state index in [1.54, 1.807) is 18.2 Å². The van der Waals surface area contributed by atoms with Crippen molar-refractivity contribution < 1.29 is 14.4 Å². The van der Waals surface area contributed by atoms with Gasteiger partial charge in [-0.05, 0) is 24.3 Å². The summed E-state index contributed by atoms with van der Waals surface area (Å²) in [4.78, 5) is 29.9. The number of fused-ring (bicyclic) bond motifs is 2. The zero-order valence-corrected chi connectivity index (χ0v) is 13.5. The zero-order chi connectivity index (χ0) is 18.1. The molecular formula is C18H13N3O5. The molecule has 0 radical (unpaired) electrons. The quantitative estimate of drug-likeness (QED) is 0.574. The summed E-state index contributed by atoms with van der Waals surface area (Å²) in [5.74, 6) is 0.510. The number of nitro benzene ring substituents is 1. The number of aromatic amines is 1. The summed E-state index contributed by atoms with van der Waals surface area (Å²) in [7, 11) is 0. The van der Waals surface area contributed by atoms with Gasteiger partial charge in [0.25, 0.3) is 11.2 Å². The molecule has 1 aliphatic heterocycles. The second-order valence-electron chi connectivity index (χ2n) is 5.69. The van der Waals surface area contributed by atoms with Gasteiger partial charge in [0.1, 0.15) is 11.4 Å². The van der Waals surface area contributed by atoms with Gasteiger partial charge in [-0.1, -0.05) is 12.1 Å². The fraction of sp³-hybridized carbons (Fsp3) is 0.111. The number of benzene rings is 2. The average molecular weight is 351 g/mol. The molecule has 0 fully saturated rings. The van der Waals surface area contributed by atoms with E-state index in [-0.39, 0.29) is 30.3 Å². The van der Waals surface area contributed by atoms with E-state index < -0.39 is 4.92 Å². The van der Waals surface area contributed by atoms with Crippen LogP contribution in [0.2, 0.25) is 0 Å². The highest BCUT2D eigenvalue weighted by molar-refractivity contribution is 5.78. The van der Waals surface area contributed by atoms with Gasteiger partial charge in [0.05, 0.1) is 22.6 Å². The lowest BCUT2D eigenvalue weighted by atomic mass is 10.1. The van der Waals surface area contributed by atoms with Crippen molar-refractivity contribution in [2.75, 3.05) is 6.79 Å². The van der Waals surface area contributed by atoms with Crippen molar-refractivity contribution in [2.24, 2.45) is 0 Å². The molecule has 0 unspecified atom stereocenters. The lowest BCUT2D eigenvalue weighted by Gasteiger charge is -2.19. The number of non-ortho nitro benzene ring substituents is 1. The molecule has 0 aliphatic carbocycles. The fourth-order valence-electron chi connectivity index (χ4n) is 2.79. The number of hydrogen-bond acceptors (Lipinski definition) is 6. The van der Waals surface area contributed by atoms with Crippen molar-refractivity contribution in [3.63, 3.8) is 0 Å². The molecule has 2 heterocycles. The highest BCUT2D eigenvalue weighted by Crippen LogP contribution is 2.33. The first-order valence-electron chi connectivity index (χ1n) is 7.81. The van der Waals surface area contributed by atoms with Gasteiger partial charge in [-0.25, -0.2) is 4.98 Å². The first kappa shape index (κ1) is 16.0. The summed E-state index contributed by atoms with van der Waals surface area (Å²) in [6, 6.07) is 10.0. The molecule has 0 atom stereocenters. The van der Waals surface area contributed by atoms with Crippen LogP contribution in [0.4, 0.5) is 5.69 Å². The lowest BCUT2D eigenvalue weighted by Crippen LogP contribution is -2.13. The molecule has 130 valence electrons. The molecule has 4 rings (SSSR count). The van der Waals surface area contributed by atoms with Gasteiger partial charge in [0.2, 0.25) is 0 Å². The number of para-hydroxylation sites is 2. The third-order valence-electron chi connectivity index (χ3n) is 3.98. The number of ether oxygens (including phenoxy) is 2. The predicted octanol–water partition coefficient (Wildman–Crippen LogP) is 2.87. The number of aromatic nitrogens is 2. The molecule has 0 amide bonds. The number of nitrogens with zero attached hydrogens (tertiary/aromatic N) is 2. The number of H-pyrrole nitrogens is 1. The van der Waals surface area contributed by atoms with E-state index in [4.69, 9.17) is 9.47 Å². The van der Waals surface area contributed by atoms with Crippen LogP contribution in [0, 0.1) is 10.1 Å². The number of nitrogens with one attached hydrogen (secondary N) is 1. The van der Waals surface area contributed by atoms with Crippen molar-refractivity contribution >= 4 is 28.9 Å². The van der Waals surface area contributed by atoms with Gasteiger partial charge in [-0.15, -0.1) is 0 Å². The van der Waals surface area contributed by atoms with Gasteiger partial charge in [0, 0.05) is 23.3 Å². The minimum atomic E-state index is -0.479. The Morgan fingerprint density at radius 3 is 2.92 bits per heavy atom. The molecule has 3 aromatic rings. The smallest absolute Gasteiger partial charge is 0.274 e. The molecule has 0 bridgehead atoms. The molecular weight excluding hydrogens is 338 g/mol. The van der Waals surface area contributed by atoms with Crippen LogP contribution in [0.15, 0.2) is 41.2 Å². The van der Waals surface area contributed by atoms with Crippen LogP contribution < -0.4 is 10.3 Å². The third kappa shape index (κ3) is 2.93. The summed E-state index contributed by atoms with van der Waals surface area (Å²) in [6.45, 7) is 0.299. The second-order valence-corrected chi connectivity index (χ2v) is 5.69. The fourth-order valence-corrected chi connectivity index (χ4v) is 2.79. The maximum absolute atomic E-state index is 12.2. The van der Waals surface area contributed by atoms with E-state index in [0.29, 0.717) is 27.9 Å². The van der Waals surface area contributed by atoms with Crippen molar-refractivity contribution in [2.45, 2.75) is 6.61 Å². The zero-order valence-electron chi connectivity index (χ0n) is 13.5. The minimum absolute atomic E-state index is 0.0699. The molecule has 0 spiro atoms. The van der Waals surface area contributed by atoms with Crippen LogP contribution in [0.5, 0.6) is 5.75 Å². The first-order chi connectivity index (χ1) is 12.6. The van der Waals surface area contributed by atoms with Gasteiger partial charge < -0.3 is 14.5 Å². The Labute approximate surface area is 146 Å². The molecule has 1 aliphatic rings. The summed E-state index contributed by atoms with van der Waals surface area (Å²) in [6.07, 6.45) is 3.10. The first-order valence-corrected chi connectivity index (χ1v) is 7.81. The lowest BCUT2D eigenvalue weighted by molar-refractivity contribution is -0.385. The second kappa shape index (κ2) is 6.41. The Morgan fingerprint density at radius 1 is 1.23 bits per heavy atom. The molecule has 1 N–H and O–H groups in total. The molecule has 26 heavy (non-hydrogen) atoms. The molecule has 8 heteroatoms. The van der Waals surface area contributed by atoms with Crippen LogP contribution in [-0.2, 0) is 11.3 Å². The van der Waals surface area contributed by atoms with Crippen molar-refractivity contribution in [3.05, 3.63) is 73.7 Å². The Hall–Kier alpha value is -3.52. The number of hydrogen-bond donors (Lipinski definition) is 1. The maximum atomic E-state index is 12.2. The van der Waals surface area contributed by atoms with E-state index in [1.807, 2.05) is 12.1 Å². The largest absolute Gasteiger partial charge is 0.467 e. The average Bonchev–Trinajstić information content (AvgIpc) is 2.65. The van der Waals surface area contributed by atoms with Gasteiger partial charge >= 0.3 is 0 Å². The van der Waals surface area contributed by atoms with Crippen LogP contribution in [0.3, 0.4) is 0 Å². The maximum Gasteiger partial charge on any atom is 0.274 e. The summed E-state index contributed by atoms with van der Waals surface area (Å²) in [5.41, 5.74) is 2.16. The Kier molecular flexibility index (Phi) is 3.94. The topological polar surface area (TPSA) is 107 Å². The molecule has 8 nitrogen and oxygen atoms in total. The van der Waals surface area contributed by atoms with Gasteiger partial charge in [0.15, 0.2) is 6.79 Å². The van der Waals surface area contributed by atoms with E-state index in [2.05, 4.69) is 9.97 Å². The predicted molar refractivity (Wildman–Crippen MR) is 94.7 cm³/mol. The van der Waals surface area contributed by atoms with Gasteiger partial charge in [-0.3, -0.25) is 14.9 Å². The summed E-state index contributed by atoms with van der Waals surface area (Å²) < 4.78 is 10.7. The van der Waals surface area contributed by atoms with E-state index in [0.717, 1.165) is 0 Å². The van der Waals surface area contributed by atoms with Crippen molar-refractivity contribution in [3.8, 4) is 5.75 Å². The van der Waals surface area contributed by atoms with E-state index in [1.165, 1.54) is 18.2 Å². The monoisotopic (exact) mass is 351 g/mol. The van der Waals surface area contributed by atoms with Crippen LogP contribution in [0.1, 0.15) is 16.8 Å². The number of nitro groups is 1. The summed E-state index contributed by atoms with van der Waals surface area (Å²) >= 11 is 0.